The molecule has 0 spiro atoms. The Bertz CT molecular complexity index is 1400. The van der Waals surface area contributed by atoms with Gasteiger partial charge in [0.1, 0.15) is 11.5 Å². The molecule has 32 heavy (non-hydrogen) atoms. The number of aromatic nitrogens is 6. The standard InChI is InChI=1S/C23H21N7O2/c1-13(2)30-22-18(12-24-30)17(11-19(27-22)20-5-4-10-32-20)23(31)26-16-8-6-15(7-9-16)21-25-14(3)28-29-21/h4-13H,1-3H3,(H,26,31)(H,25,28,29). The zero-order chi connectivity index (χ0) is 22.2. The number of benzene rings is 1. The number of aryl methyl sites for hydroxylation is 1. The summed E-state index contributed by atoms with van der Waals surface area (Å²) in [5.74, 6) is 1.69. The predicted octanol–water partition coefficient (Wildman–Crippen LogP) is 4.62. The Morgan fingerprint density at radius 1 is 1.16 bits per heavy atom. The quantitative estimate of drug-likeness (QED) is 0.423. The van der Waals surface area contributed by atoms with Gasteiger partial charge >= 0.3 is 0 Å². The Kier molecular flexibility index (Phi) is 4.78. The molecule has 1 aromatic carbocycles. The number of fused-ring (bicyclic) bond motifs is 1. The van der Waals surface area contributed by atoms with Crippen LogP contribution in [0.5, 0.6) is 0 Å². The first-order chi connectivity index (χ1) is 15.5. The van der Waals surface area contributed by atoms with Gasteiger partial charge in [0.15, 0.2) is 17.2 Å². The van der Waals surface area contributed by atoms with E-state index >= 15 is 0 Å². The van der Waals surface area contributed by atoms with E-state index in [1.165, 1.54) is 0 Å². The Balaban J connectivity index is 1.50. The van der Waals surface area contributed by atoms with Gasteiger partial charge < -0.3 is 9.73 Å². The van der Waals surface area contributed by atoms with E-state index in [9.17, 15) is 4.79 Å². The molecule has 5 rings (SSSR count). The van der Waals surface area contributed by atoms with Gasteiger partial charge in [-0.2, -0.15) is 10.2 Å². The lowest BCUT2D eigenvalue weighted by molar-refractivity contribution is 0.102. The van der Waals surface area contributed by atoms with E-state index in [1.807, 2.05) is 51.1 Å². The fourth-order valence-corrected chi connectivity index (χ4v) is 3.51. The third-order valence-corrected chi connectivity index (χ3v) is 5.07. The van der Waals surface area contributed by atoms with Crippen LogP contribution in [0.25, 0.3) is 33.9 Å². The lowest BCUT2D eigenvalue weighted by atomic mass is 10.1. The van der Waals surface area contributed by atoms with Crippen LogP contribution >= 0.6 is 0 Å². The number of hydrogen-bond donors (Lipinski definition) is 2. The number of amides is 1. The molecule has 160 valence electrons. The summed E-state index contributed by atoms with van der Waals surface area (Å²) in [6.45, 7) is 5.88. The first-order valence-electron chi connectivity index (χ1n) is 10.2. The van der Waals surface area contributed by atoms with Crippen LogP contribution in [-0.4, -0.2) is 35.9 Å². The summed E-state index contributed by atoms with van der Waals surface area (Å²) in [5.41, 5.74) is 3.20. The molecule has 0 aliphatic carbocycles. The van der Waals surface area contributed by atoms with Crippen LogP contribution < -0.4 is 5.32 Å². The maximum atomic E-state index is 13.3. The van der Waals surface area contributed by atoms with Crippen molar-refractivity contribution in [1.82, 2.24) is 29.9 Å². The highest BCUT2D eigenvalue weighted by Crippen LogP contribution is 2.27. The second-order valence-electron chi connectivity index (χ2n) is 7.73. The van der Waals surface area contributed by atoms with Crippen molar-refractivity contribution in [3.05, 3.63) is 66.3 Å². The molecule has 0 radical (unpaired) electrons. The van der Waals surface area contributed by atoms with Crippen molar-refractivity contribution in [1.29, 1.82) is 0 Å². The molecule has 9 heteroatoms. The van der Waals surface area contributed by atoms with Crippen LogP contribution in [-0.2, 0) is 0 Å². The van der Waals surface area contributed by atoms with Gasteiger partial charge in [0.25, 0.3) is 5.91 Å². The van der Waals surface area contributed by atoms with Crippen LogP contribution in [0.3, 0.4) is 0 Å². The van der Waals surface area contributed by atoms with E-state index < -0.39 is 0 Å². The first-order valence-corrected chi connectivity index (χ1v) is 10.2. The zero-order valence-electron chi connectivity index (χ0n) is 17.8. The topological polar surface area (TPSA) is 115 Å². The van der Waals surface area contributed by atoms with Crippen molar-refractivity contribution in [2.24, 2.45) is 0 Å². The third-order valence-electron chi connectivity index (χ3n) is 5.07. The van der Waals surface area contributed by atoms with Crippen molar-refractivity contribution in [3.8, 4) is 22.8 Å². The summed E-state index contributed by atoms with van der Waals surface area (Å²) in [7, 11) is 0. The number of H-pyrrole nitrogens is 1. The van der Waals surface area contributed by atoms with Crippen LogP contribution in [0.1, 0.15) is 36.1 Å². The molecule has 4 heterocycles. The van der Waals surface area contributed by atoms with Crippen molar-refractivity contribution >= 4 is 22.6 Å². The fraction of sp³-hybridized carbons (Fsp3) is 0.174. The SMILES string of the molecule is Cc1nc(-c2ccc(NC(=O)c3cc(-c4ccco4)nc4c3cnn4C(C)C)cc2)n[nH]1. The summed E-state index contributed by atoms with van der Waals surface area (Å²) in [4.78, 5) is 22.3. The molecular weight excluding hydrogens is 406 g/mol. The van der Waals surface area contributed by atoms with Gasteiger partial charge in [0.2, 0.25) is 0 Å². The molecule has 0 aliphatic heterocycles. The minimum Gasteiger partial charge on any atom is -0.463 e. The molecule has 4 aromatic heterocycles. The van der Waals surface area contributed by atoms with Crippen molar-refractivity contribution in [2.45, 2.75) is 26.8 Å². The summed E-state index contributed by atoms with van der Waals surface area (Å²) in [6, 6.07) is 12.8. The van der Waals surface area contributed by atoms with Gasteiger partial charge in [-0.25, -0.2) is 14.6 Å². The Labute approximate surface area is 183 Å². The van der Waals surface area contributed by atoms with Crippen molar-refractivity contribution in [2.75, 3.05) is 5.32 Å². The summed E-state index contributed by atoms with van der Waals surface area (Å²) < 4.78 is 7.31. The van der Waals surface area contributed by atoms with E-state index in [0.29, 0.717) is 39.6 Å². The van der Waals surface area contributed by atoms with E-state index in [1.54, 1.807) is 29.3 Å². The number of rotatable bonds is 5. The summed E-state index contributed by atoms with van der Waals surface area (Å²) in [5, 5.41) is 15.1. The molecule has 0 bridgehead atoms. The van der Waals surface area contributed by atoms with Gasteiger partial charge in [0.05, 0.1) is 23.4 Å². The number of hydrogen-bond acceptors (Lipinski definition) is 6. The van der Waals surface area contributed by atoms with E-state index in [-0.39, 0.29) is 11.9 Å². The first kappa shape index (κ1) is 19.7. The van der Waals surface area contributed by atoms with Crippen LogP contribution in [0.2, 0.25) is 0 Å². The molecule has 9 nitrogen and oxygen atoms in total. The van der Waals surface area contributed by atoms with Crippen LogP contribution in [0.4, 0.5) is 5.69 Å². The average molecular weight is 427 g/mol. The van der Waals surface area contributed by atoms with E-state index in [4.69, 9.17) is 9.40 Å². The average Bonchev–Trinajstić information content (AvgIpc) is 3.54. The minimum absolute atomic E-state index is 0.0922. The Hall–Kier alpha value is -4.27. The van der Waals surface area contributed by atoms with Gasteiger partial charge in [-0.3, -0.25) is 9.89 Å². The summed E-state index contributed by atoms with van der Waals surface area (Å²) >= 11 is 0. The molecule has 5 aromatic rings. The number of aromatic amines is 1. The molecule has 0 atom stereocenters. The highest BCUT2D eigenvalue weighted by molar-refractivity contribution is 6.12. The molecule has 0 aliphatic rings. The molecule has 0 unspecified atom stereocenters. The van der Waals surface area contributed by atoms with Crippen molar-refractivity contribution in [3.63, 3.8) is 0 Å². The number of anilines is 1. The van der Waals surface area contributed by atoms with Gasteiger partial charge in [-0.15, -0.1) is 0 Å². The monoisotopic (exact) mass is 427 g/mol. The second kappa shape index (κ2) is 7.77. The second-order valence-corrected chi connectivity index (χ2v) is 7.73. The van der Waals surface area contributed by atoms with E-state index in [2.05, 4.69) is 25.6 Å². The molecule has 0 saturated carbocycles. The number of carbonyl (C=O) groups excluding carboxylic acids is 1. The number of pyridine rings is 1. The van der Waals surface area contributed by atoms with Gasteiger partial charge in [-0.1, -0.05) is 0 Å². The third kappa shape index (κ3) is 3.53. The summed E-state index contributed by atoms with van der Waals surface area (Å²) in [6.07, 6.45) is 3.26. The number of nitrogens with one attached hydrogen (secondary N) is 2. The van der Waals surface area contributed by atoms with E-state index in [0.717, 1.165) is 11.4 Å². The molecule has 2 N–H and O–H groups in total. The molecule has 0 fully saturated rings. The molecular formula is C23H21N7O2. The lowest BCUT2D eigenvalue weighted by Gasteiger charge is -2.10. The van der Waals surface area contributed by atoms with Gasteiger partial charge in [0, 0.05) is 17.3 Å². The maximum absolute atomic E-state index is 13.3. The lowest BCUT2D eigenvalue weighted by Crippen LogP contribution is -2.13. The maximum Gasteiger partial charge on any atom is 0.256 e. The molecule has 1 amide bonds. The van der Waals surface area contributed by atoms with Crippen molar-refractivity contribution < 1.29 is 9.21 Å². The number of furan rings is 1. The van der Waals surface area contributed by atoms with Crippen LogP contribution in [0.15, 0.2) is 59.3 Å². The van der Waals surface area contributed by atoms with Crippen LogP contribution in [0, 0.1) is 6.92 Å². The number of nitrogens with zero attached hydrogens (tertiary/aromatic N) is 5. The highest BCUT2D eigenvalue weighted by Gasteiger charge is 2.19. The largest absolute Gasteiger partial charge is 0.463 e. The normalized spacial score (nSPS) is 11.4. The minimum atomic E-state index is -0.255. The zero-order valence-corrected chi connectivity index (χ0v) is 17.8. The Morgan fingerprint density at radius 3 is 2.62 bits per heavy atom. The Morgan fingerprint density at radius 2 is 1.97 bits per heavy atom. The van der Waals surface area contributed by atoms with Gasteiger partial charge in [-0.05, 0) is 63.2 Å². The fourth-order valence-electron chi connectivity index (χ4n) is 3.51. The number of carbonyl (C=O) groups is 1. The molecule has 0 saturated heterocycles. The predicted molar refractivity (Wildman–Crippen MR) is 120 cm³/mol. The highest BCUT2D eigenvalue weighted by atomic mass is 16.3. The smallest absolute Gasteiger partial charge is 0.256 e.